The van der Waals surface area contributed by atoms with Gasteiger partial charge in [-0.2, -0.15) is 0 Å². The van der Waals surface area contributed by atoms with Gasteiger partial charge in [-0.3, -0.25) is 4.79 Å². The summed E-state index contributed by atoms with van der Waals surface area (Å²) in [7, 11) is 2.98. The molecular weight excluding hydrogens is 310 g/mol. The number of para-hydroxylation sites is 1. The van der Waals surface area contributed by atoms with E-state index in [1.165, 1.54) is 12.0 Å². The summed E-state index contributed by atoms with van der Waals surface area (Å²) in [6, 6.07) is 8.55. The van der Waals surface area contributed by atoms with Crippen LogP contribution in [0, 0.1) is 6.92 Å². The van der Waals surface area contributed by atoms with E-state index in [2.05, 4.69) is 4.74 Å². The largest absolute Gasteiger partial charge is 0.508 e. The second-order valence-electron chi connectivity index (χ2n) is 5.55. The third-order valence-corrected chi connectivity index (χ3v) is 3.79. The standard InChI is InChI=1S/C18H21NO5/c1-12-15(18(22)23-3)10-14(24-12)11-19(2)17(21)9-8-13-6-4-5-7-16(13)20/h4-7,10,20H,8-9,11H2,1-3H3. The number of methoxy groups -OCH3 is 1. The predicted octanol–water partition coefficient (Wildman–Crippen LogP) is 2.67. The van der Waals surface area contributed by atoms with Crippen LogP contribution < -0.4 is 0 Å². The normalized spacial score (nSPS) is 10.5. The van der Waals surface area contributed by atoms with Gasteiger partial charge in [-0.05, 0) is 31.0 Å². The maximum Gasteiger partial charge on any atom is 0.341 e. The van der Waals surface area contributed by atoms with E-state index in [9.17, 15) is 14.7 Å². The van der Waals surface area contributed by atoms with Gasteiger partial charge in [-0.1, -0.05) is 18.2 Å². The van der Waals surface area contributed by atoms with E-state index in [1.807, 2.05) is 6.07 Å². The smallest absolute Gasteiger partial charge is 0.341 e. The Balaban J connectivity index is 1.94. The summed E-state index contributed by atoms with van der Waals surface area (Å²) in [5.41, 5.74) is 1.10. The molecule has 1 N–H and O–H groups in total. The number of phenols is 1. The minimum Gasteiger partial charge on any atom is -0.508 e. The Labute approximate surface area is 140 Å². The van der Waals surface area contributed by atoms with Crippen molar-refractivity contribution in [3.63, 3.8) is 0 Å². The quantitative estimate of drug-likeness (QED) is 0.823. The third-order valence-electron chi connectivity index (χ3n) is 3.79. The number of benzene rings is 1. The van der Waals surface area contributed by atoms with Crippen LogP contribution in [0.15, 0.2) is 34.7 Å². The average molecular weight is 331 g/mol. The molecule has 0 radical (unpaired) electrons. The van der Waals surface area contributed by atoms with E-state index in [0.29, 0.717) is 23.5 Å². The first kappa shape index (κ1) is 17.6. The summed E-state index contributed by atoms with van der Waals surface area (Å²) in [5, 5.41) is 9.72. The minimum absolute atomic E-state index is 0.0769. The summed E-state index contributed by atoms with van der Waals surface area (Å²) in [4.78, 5) is 25.3. The molecule has 0 saturated heterocycles. The lowest BCUT2D eigenvalue weighted by Gasteiger charge is -2.15. The van der Waals surface area contributed by atoms with Gasteiger partial charge in [0.2, 0.25) is 5.91 Å². The number of hydrogen-bond acceptors (Lipinski definition) is 5. The summed E-state index contributed by atoms with van der Waals surface area (Å²) < 4.78 is 10.2. The van der Waals surface area contributed by atoms with E-state index >= 15 is 0 Å². The molecule has 0 aliphatic heterocycles. The number of furan rings is 1. The summed E-state index contributed by atoms with van der Waals surface area (Å²) in [6.45, 7) is 1.94. The number of amides is 1. The highest BCUT2D eigenvalue weighted by atomic mass is 16.5. The molecule has 128 valence electrons. The number of aryl methyl sites for hydroxylation is 2. The molecule has 0 fully saturated rings. The molecule has 1 aromatic carbocycles. The Morgan fingerprint density at radius 3 is 2.67 bits per heavy atom. The number of carbonyl (C=O) groups excluding carboxylic acids is 2. The monoisotopic (exact) mass is 331 g/mol. The Bertz CT molecular complexity index is 735. The number of phenolic OH excluding ortho intramolecular Hbond substituents is 1. The highest BCUT2D eigenvalue weighted by molar-refractivity contribution is 5.90. The molecule has 1 amide bonds. The first-order valence-electron chi connectivity index (χ1n) is 7.60. The van der Waals surface area contributed by atoms with E-state index in [4.69, 9.17) is 4.42 Å². The number of aromatic hydroxyl groups is 1. The second kappa shape index (κ2) is 7.68. The van der Waals surface area contributed by atoms with Crippen LogP contribution in [-0.4, -0.2) is 36.0 Å². The van der Waals surface area contributed by atoms with Crippen LogP contribution in [-0.2, 0) is 22.5 Å². The molecule has 6 heteroatoms. The molecule has 1 aromatic heterocycles. The van der Waals surface area contributed by atoms with Crippen LogP contribution in [0.3, 0.4) is 0 Å². The molecule has 0 bridgehead atoms. The van der Waals surface area contributed by atoms with Crippen molar-refractivity contribution < 1.29 is 23.8 Å². The molecule has 0 saturated carbocycles. The van der Waals surface area contributed by atoms with Crippen LogP contribution >= 0.6 is 0 Å². The zero-order valence-electron chi connectivity index (χ0n) is 14.0. The number of esters is 1. The first-order valence-corrected chi connectivity index (χ1v) is 7.60. The Morgan fingerprint density at radius 1 is 1.29 bits per heavy atom. The zero-order chi connectivity index (χ0) is 17.7. The van der Waals surface area contributed by atoms with Crippen molar-refractivity contribution in [2.45, 2.75) is 26.3 Å². The van der Waals surface area contributed by atoms with Gasteiger partial charge in [-0.25, -0.2) is 4.79 Å². The van der Waals surface area contributed by atoms with E-state index < -0.39 is 5.97 Å². The average Bonchev–Trinajstić information content (AvgIpc) is 2.93. The molecule has 6 nitrogen and oxygen atoms in total. The van der Waals surface area contributed by atoms with Crippen molar-refractivity contribution in [2.75, 3.05) is 14.2 Å². The van der Waals surface area contributed by atoms with Gasteiger partial charge in [0.25, 0.3) is 0 Å². The molecule has 24 heavy (non-hydrogen) atoms. The maximum atomic E-state index is 12.2. The Hall–Kier alpha value is -2.76. The lowest BCUT2D eigenvalue weighted by molar-refractivity contribution is -0.130. The predicted molar refractivity (Wildman–Crippen MR) is 87.7 cm³/mol. The first-order chi connectivity index (χ1) is 11.4. The molecule has 0 atom stereocenters. The number of carbonyl (C=O) groups is 2. The van der Waals surface area contributed by atoms with Gasteiger partial charge in [0.05, 0.1) is 13.7 Å². The zero-order valence-corrected chi connectivity index (χ0v) is 14.0. The van der Waals surface area contributed by atoms with Gasteiger partial charge in [0, 0.05) is 13.5 Å². The Morgan fingerprint density at radius 2 is 2.00 bits per heavy atom. The maximum absolute atomic E-state index is 12.2. The number of rotatable bonds is 6. The van der Waals surface area contributed by atoms with Crippen molar-refractivity contribution in [1.29, 1.82) is 0 Å². The van der Waals surface area contributed by atoms with Crippen molar-refractivity contribution in [3.05, 3.63) is 53.0 Å². The number of ether oxygens (including phenoxy) is 1. The van der Waals surface area contributed by atoms with Crippen molar-refractivity contribution in [2.24, 2.45) is 0 Å². The molecule has 1 heterocycles. The fraction of sp³-hybridized carbons (Fsp3) is 0.333. The third kappa shape index (κ3) is 4.16. The minimum atomic E-state index is -0.462. The van der Waals surface area contributed by atoms with E-state index in [0.717, 1.165) is 5.56 Å². The molecule has 2 aromatic rings. The SMILES string of the molecule is COC(=O)c1cc(CN(C)C(=O)CCc2ccccc2O)oc1C. The van der Waals surface area contributed by atoms with Crippen molar-refractivity contribution >= 4 is 11.9 Å². The fourth-order valence-electron chi connectivity index (χ4n) is 2.41. The van der Waals surface area contributed by atoms with Crippen LogP contribution in [0.25, 0.3) is 0 Å². The molecule has 0 unspecified atom stereocenters. The van der Waals surface area contributed by atoms with Crippen LogP contribution in [0.4, 0.5) is 0 Å². The van der Waals surface area contributed by atoms with E-state index in [1.54, 1.807) is 38.2 Å². The van der Waals surface area contributed by atoms with Crippen molar-refractivity contribution in [1.82, 2.24) is 4.90 Å². The number of hydrogen-bond donors (Lipinski definition) is 1. The molecular formula is C18H21NO5. The molecule has 0 spiro atoms. The van der Waals surface area contributed by atoms with Crippen LogP contribution in [0.1, 0.15) is 33.9 Å². The van der Waals surface area contributed by atoms with Crippen molar-refractivity contribution in [3.8, 4) is 5.75 Å². The van der Waals surface area contributed by atoms with Crippen LogP contribution in [0.5, 0.6) is 5.75 Å². The topological polar surface area (TPSA) is 80.0 Å². The lowest BCUT2D eigenvalue weighted by atomic mass is 10.1. The highest BCUT2D eigenvalue weighted by Gasteiger charge is 2.18. The summed E-state index contributed by atoms with van der Waals surface area (Å²) >= 11 is 0. The molecule has 2 rings (SSSR count). The van der Waals surface area contributed by atoms with Gasteiger partial charge < -0.3 is 19.2 Å². The number of nitrogens with zero attached hydrogens (tertiary/aromatic N) is 1. The van der Waals surface area contributed by atoms with Gasteiger partial charge in [0.15, 0.2) is 0 Å². The fourth-order valence-corrected chi connectivity index (χ4v) is 2.41. The molecule has 0 aliphatic carbocycles. The lowest BCUT2D eigenvalue weighted by Crippen LogP contribution is -2.26. The Kier molecular flexibility index (Phi) is 5.63. The van der Waals surface area contributed by atoms with Crippen LogP contribution in [0.2, 0.25) is 0 Å². The summed E-state index contributed by atoms with van der Waals surface area (Å²) in [6.07, 6.45) is 0.734. The van der Waals surface area contributed by atoms with Gasteiger partial charge in [-0.15, -0.1) is 0 Å². The molecule has 0 aliphatic rings. The van der Waals surface area contributed by atoms with Gasteiger partial charge >= 0.3 is 5.97 Å². The van der Waals surface area contributed by atoms with E-state index in [-0.39, 0.29) is 24.6 Å². The highest BCUT2D eigenvalue weighted by Crippen LogP contribution is 2.19. The summed E-state index contributed by atoms with van der Waals surface area (Å²) in [5.74, 6) is 0.638. The van der Waals surface area contributed by atoms with Gasteiger partial charge in [0.1, 0.15) is 22.8 Å². The second-order valence-corrected chi connectivity index (χ2v) is 5.55.